The SMILES string of the molecule is O=C(NCCN1C(=O)CSC1=O)C(=O)Nc1cc(C(F)(F)F)cc(C(F)(F)F)c1. The summed E-state index contributed by atoms with van der Waals surface area (Å²) in [6.45, 7) is -0.577. The number of hydrogen-bond acceptors (Lipinski definition) is 5. The van der Waals surface area contributed by atoms with Gasteiger partial charge < -0.3 is 10.6 Å². The van der Waals surface area contributed by atoms with Gasteiger partial charge in [-0.25, -0.2) is 0 Å². The molecule has 0 radical (unpaired) electrons. The van der Waals surface area contributed by atoms with Crippen LogP contribution in [0.25, 0.3) is 0 Å². The lowest BCUT2D eigenvalue weighted by molar-refractivity contribution is -0.143. The second kappa shape index (κ2) is 8.31. The van der Waals surface area contributed by atoms with Crippen LogP contribution < -0.4 is 10.6 Å². The molecule has 1 heterocycles. The van der Waals surface area contributed by atoms with E-state index in [0.717, 1.165) is 16.7 Å². The average Bonchev–Trinajstić information content (AvgIpc) is 2.91. The molecule has 14 heteroatoms. The van der Waals surface area contributed by atoms with E-state index in [4.69, 9.17) is 0 Å². The maximum atomic E-state index is 12.8. The van der Waals surface area contributed by atoms with Crippen LogP contribution in [0, 0.1) is 0 Å². The highest BCUT2D eigenvalue weighted by Gasteiger charge is 2.37. The number of anilines is 1. The average molecular weight is 443 g/mol. The van der Waals surface area contributed by atoms with Crippen LogP contribution in [0.5, 0.6) is 0 Å². The number of halogens is 6. The van der Waals surface area contributed by atoms with Crippen molar-refractivity contribution in [2.45, 2.75) is 12.4 Å². The minimum Gasteiger partial charge on any atom is -0.346 e. The molecule has 0 aliphatic carbocycles. The van der Waals surface area contributed by atoms with Crippen molar-refractivity contribution >= 4 is 40.4 Å². The third-order valence-corrected chi connectivity index (χ3v) is 4.37. The van der Waals surface area contributed by atoms with Crippen LogP contribution in [0.4, 0.5) is 36.8 Å². The van der Waals surface area contributed by atoms with Crippen LogP contribution in [-0.2, 0) is 26.7 Å². The van der Waals surface area contributed by atoms with Gasteiger partial charge in [-0.05, 0) is 18.2 Å². The molecule has 0 aromatic heterocycles. The van der Waals surface area contributed by atoms with E-state index >= 15 is 0 Å². The van der Waals surface area contributed by atoms with E-state index in [1.807, 2.05) is 5.32 Å². The minimum absolute atomic E-state index is 0.0651. The Kier molecular flexibility index (Phi) is 6.45. The van der Waals surface area contributed by atoms with Gasteiger partial charge >= 0.3 is 24.2 Å². The number of rotatable bonds is 4. The summed E-state index contributed by atoms with van der Waals surface area (Å²) in [6, 6.07) is 0.371. The van der Waals surface area contributed by atoms with Crippen LogP contribution in [0.15, 0.2) is 18.2 Å². The Labute approximate surface area is 162 Å². The molecular formula is C15H11F6N3O4S. The number of amides is 4. The minimum atomic E-state index is -5.12. The molecule has 1 aliphatic heterocycles. The van der Waals surface area contributed by atoms with Crippen molar-refractivity contribution in [1.29, 1.82) is 0 Å². The Morgan fingerprint density at radius 3 is 1.97 bits per heavy atom. The predicted molar refractivity (Wildman–Crippen MR) is 87.7 cm³/mol. The van der Waals surface area contributed by atoms with Gasteiger partial charge in [0.25, 0.3) is 5.24 Å². The van der Waals surface area contributed by atoms with Gasteiger partial charge in [0.05, 0.1) is 16.9 Å². The van der Waals surface area contributed by atoms with Crippen molar-refractivity contribution < 1.29 is 45.5 Å². The predicted octanol–water partition coefficient (Wildman–Crippen LogP) is 2.47. The lowest BCUT2D eigenvalue weighted by atomic mass is 10.1. The third kappa shape index (κ3) is 5.85. The molecule has 0 unspecified atom stereocenters. The Balaban J connectivity index is 2.04. The summed E-state index contributed by atoms with van der Waals surface area (Å²) in [7, 11) is 0. The summed E-state index contributed by atoms with van der Waals surface area (Å²) < 4.78 is 76.7. The molecule has 0 saturated carbocycles. The van der Waals surface area contributed by atoms with E-state index in [1.165, 1.54) is 0 Å². The van der Waals surface area contributed by atoms with Crippen molar-refractivity contribution in [3.05, 3.63) is 29.3 Å². The van der Waals surface area contributed by atoms with Gasteiger partial charge in [0.1, 0.15) is 0 Å². The van der Waals surface area contributed by atoms with Gasteiger partial charge in [-0.2, -0.15) is 26.3 Å². The molecule has 7 nitrogen and oxygen atoms in total. The molecular weight excluding hydrogens is 432 g/mol. The smallest absolute Gasteiger partial charge is 0.346 e. The quantitative estimate of drug-likeness (QED) is 0.551. The third-order valence-electron chi connectivity index (χ3n) is 3.51. The van der Waals surface area contributed by atoms with Crippen LogP contribution in [0.3, 0.4) is 0 Å². The number of hydrogen-bond donors (Lipinski definition) is 2. The Morgan fingerprint density at radius 1 is 0.966 bits per heavy atom. The topological polar surface area (TPSA) is 95.6 Å². The van der Waals surface area contributed by atoms with Gasteiger partial charge in [-0.3, -0.25) is 24.1 Å². The number of thioether (sulfide) groups is 1. The fourth-order valence-electron chi connectivity index (χ4n) is 2.17. The highest BCUT2D eigenvalue weighted by molar-refractivity contribution is 8.14. The molecule has 0 spiro atoms. The maximum Gasteiger partial charge on any atom is 0.416 e. The summed E-state index contributed by atoms with van der Waals surface area (Å²) in [5.74, 6) is -3.46. The molecule has 1 aromatic carbocycles. The maximum absolute atomic E-state index is 12.8. The molecule has 4 amide bonds. The summed E-state index contributed by atoms with van der Waals surface area (Å²) in [4.78, 5) is 47.0. The van der Waals surface area contributed by atoms with Crippen molar-refractivity contribution in [3.8, 4) is 0 Å². The highest BCUT2D eigenvalue weighted by atomic mass is 32.2. The summed E-state index contributed by atoms with van der Waals surface area (Å²) in [5.41, 5.74) is -4.20. The van der Waals surface area contributed by atoms with Crippen molar-refractivity contribution in [1.82, 2.24) is 10.2 Å². The van der Waals surface area contributed by atoms with E-state index < -0.39 is 52.1 Å². The lowest BCUT2D eigenvalue weighted by Gasteiger charge is -2.15. The second-order valence-corrected chi connectivity index (χ2v) is 6.53. The van der Waals surface area contributed by atoms with Crippen molar-refractivity contribution in [3.63, 3.8) is 0 Å². The molecule has 2 N–H and O–H groups in total. The van der Waals surface area contributed by atoms with Gasteiger partial charge in [0.15, 0.2) is 0 Å². The molecule has 0 bridgehead atoms. The first-order valence-corrected chi connectivity index (χ1v) is 8.63. The number of imide groups is 1. The molecule has 1 saturated heterocycles. The molecule has 1 fully saturated rings. The van der Waals surface area contributed by atoms with Gasteiger partial charge in [0, 0.05) is 18.8 Å². The number of benzene rings is 1. The Hall–Kier alpha value is -2.77. The van der Waals surface area contributed by atoms with Gasteiger partial charge in [-0.15, -0.1) is 0 Å². The zero-order valence-corrected chi connectivity index (χ0v) is 14.9. The fourth-order valence-corrected chi connectivity index (χ4v) is 2.93. The number of carbonyl (C=O) groups is 4. The largest absolute Gasteiger partial charge is 0.416 e. The normalized spacial score (nSPS) is 14.9. The van der Waals surface area contributed by atoms with Crippen molar-refractivity contribution in [2.24, 2.45) is 0 Å². The van der Waals surface area contributed by atoms with E-state index in [0.29, 0.717) is 0 Å². The first-order valence-electron chi connectivity index (χ1n) is 7.65. The van der Waals surface area contributed by atoms with E-state index in [1.54, 1.807) is 5.32 Å². The molecule has 1 aromatic rings. The molecule has 158 valence electrons. The first kappa shape index (κ1) is 22.5. The lowest BCUT2D eigenvalue weighted by Crippen LogP contribution is -2.41. The van der Waals surface area contributed by atoms with Gasteiger partial charge in [-0.1, -0.05) is 11.8 Å². The first-order chi connectivity index (χ1) is 13.3. The molecule has 0 atom stereocenters. The zero-order chi connectivity index (χ0) is 22.0. The fraction of sp³-hybridized carbons (Fsp3) is 0.333. The van der Waals surface area contributed by atoms with Crippen LogP contribution >= 0.6 is 11.8 Å². The summed E-state index contributed by atoms with van der Waals surface area (Å²) in [6.07, 6.45) is -10.2. The summed E-state index contributed by atoms with van der Waals surface area (Å²) >= 11 is 0.749. The van der Waals surface area contributed by atoms with E-state index in [2.05, 4.69) is 0 Å². The standard InChI is InChI=1S/C15H11F6N3O4S/c16-14(17,18)7-3-8(15(19,20)21)5-9(4-7)23-12(27)11(26)22-1-2-24-10(25)6-29-13(24)28/h3-5H,1-2,6H2,(H,22,26)(H,23,27). The Morgan fingerprint density at radius 2 is 1.52 bits per heavy atom. The number of nitrogens with zero attached hydrogens (tertiary/aromatic N) is 1. The van der Waals surface area contributed by atoms with Gasteiger partial charge in [0.2, 0.25) is 5.91 Å². The number of alkyl halides is 6. The second-order valence-electron chi connectivity index (χ2n) is 5.60. The molecule has 2 rings (SSSR count). The Bertz CT molecular complexity index is 807. The number of carbonyl (C=O) groups excluding carboxylic acids is 4. The van der Waals surface area contributed by atoms with Crippen LogP contribution in [0.1, 0.15) is 11.1 Å². The van der Waals surface area contributed by atoms with Crippen LogP contribution in [-0.4, -0.2) is 46.7 Å². The highest BCUT2D eigenvalue weighted by Crippen LogP contribution is 2.37. The zero-order valence-electron chi connectivity index (χ0n) is 14.1. The number of nitrogens with one attached hydrogen (secondary N) is 2. The van der Waals surface area contributed by atoms with E-state index in [-0.39, 0.29) is 37.0 Å². The van der Waals surface area contributed by atoms with Crippen molar-refractivity contribution in [2.75, 3.05) is 24.2 Å². The molecule has 29 heavy (non-hydrogen) atoms. The monoisotopic (exact) mass is 443 g/mol. The van der Waals surface area contributed by atoms with Crippen LogP contribution in [0.2, 0.25) is 0 Å². The van der Waals surface area contributed by atoms with E-state index in [9.17, 15) is 45.5 Å². The molecule has 1 aliphatic rings. The summed E-state index contributed by atoms with van der Waals surface area (Å²) in [5, 5.41) is 3.13.